The first-order valence-electron chi connectivity index (χ1n) is 10.6. The maximum Gasteiger partial charge on any atom is 0.131 e. The van der Waals surface area contributed by atoms with Crippen molar-refractivity contribution in [2.45, 2.75) is 18.4 Å². The molecule has 0 spiro atoms. The van der Waals surface area contributed by atoms with E-state index in [4.69, 9.17) is 9.72 Å². The topological polar surface area (TPSA) is 74.7 Å². The fourth-order valence-electron chi connectivity index (χ4n) is 4.20. The number of ether oxygens (including phenoxy) is 1. The summed E-state index contributed by atoms with van der Waals surface area (Å²) >= 11 is 0. The summed E-state index contributed by atoms with van der Waals surface area (Å²) in [6.45, 7) is 5.32. The Labute approximate surface area is 184 Å². The third kappa shape index (κ3) is 3.93. The van der Waals surface area contributed by atoms with Crippen molar-refractivity contribution >= 4 is 33.2 Å². The lowest BCUT2D eigenvalue weighted by atomic mass is 9.87. The molecular formula is C24H27N3O3S. The molecule has 5 rings (SSSR count). The van der Waals surface area contributed by atoms with Crippen molar-refractivity contribution < 1.29 is 14.1 Å². The maximum atomic E-state index is 12.7. The van der Waals surface area contributed by atoms with Crippen LogP contribution in [-0.2, 0) is 22.1 Å². The number of hydrogen-bond acceptors (Lipinski definition) is 6. The molecule has 6 nitrogen and oxygen atoms in total. The summed E-state index contributed by atoms with van der Waals surface area (Å²) in [4.78, 5) is 8.09. The molecule has 3 aromatic rings. The fraction of sp³-hybridized carbons (Fsp3) is 0.375. The van der Waals surface area contributed by atoms with E-state index >= 15 is 0 Å². The Morgan fingerprint density at radius 1 is 1.23 bits per heavy atom. The Balaban J connectivity index is 1.52. The number of aliphatic hydroxyl groups is 1. The van der Waals surface area contributed by atoms with Gasteiger partial charge in [-0.25, -0.2) is 4.98 Å². The van der Waals surface area contributed by atoms with Gasteiger partial charge in [0.2, 0.25) is 0 Å². The van der Waals surface area contributed by atoms with Crippen molar-refractivity contribution in [2.75, 3.05) is 48.9 Å². The summed E-state index contributed by atoms with van der Waals surface area (Å²) in [7, 11) is -0.999. The lowest BCUT2D eigenvalue weighted by Crippen LogP contribution is -2.50. The summed E-state index contributed by atoms with van der Waals surface area (Å²) in [6, 6.07) is 16.3. The number of benzene rings is 2. The van der Waals surface area contributed by atoms with E-state index in [2.05, 4.69) is 47.5 Å². The first-order chi connectivity index (χ1) is 15.1. The third-order valence-corrected chi connectivity index (χ3v) is 7.65. The van der Waals surface area contributed by atoms with Crippen LogP contribution in [0.1, 0.15) is 11.1 Å². The highest BCUT2D eigenvalue weighted by atomic mass is 32.2. The van der Waals surface area contributed by atoms with Gasteiger partial charge in [-0.3, -0.25) is 4.21 Å². The fourth-order valence-corrected chi connectivity index (χ4v) is 5.46. The van der Waals surface area contributed by atoms with Crippen LogP contribution in [0.25, 0.3) is 10.9 Å². The number of anilines is 2. The Morgan fingerprint density at radius 3 is 2.84 bits per heavy atom. The average Bonchev–Trinajstić information content (AvgIpc) is 2.92. The van der Waals surface area contributed by atoms with E-state index in [1.807, 2.05) is 18.2 Å². The molecule has 0 aliphatic carbocycles. The standard InChI is InChI=1S/C24H27N3O3S/c1-17-6-7-20-19(10-17)21(25-13-24(14-28)15-30-16-24)11-23(26-20)27-8-9-31(29)22-5-3-2-4-18(22)12-27/h2-7,10-11,28H,8-9,12-16H2,1H3,(H,25,26). The van der Waals surface area contributed by atoms with Crippen molar-refractivity contribution in [1.29, 1.82) is 0 Å². The second kappa shape index (κ2) is 8.22. The Bertz CT molecular complexity index is 1140. The molecule has 2 N–H and O–H groups in total. The lowest BCUT2D eigenvalue weighted by molar-refractivity contribution is -0.128. The zero-order valence-corrected chi connectivity index (χ0v) is 18.5. The van der Waals surface area contributed by atoms with Crippen LogP contribution < -0.4 is 10.2 Å². The summed E-state index contributed by atoms with van der Waals surface area (Å²) in [5, 5.41) is 14.4. The normalized spacial score (nSPS) is 20.1. The van der Waals surface area contributed by atoms with Gasteiger partial charge in [-0.1, -0.05) is 29.8 Å². The molecule has 0 saturated carbocycles. The van der Waals surface area contributed by atoms with Crippen molar-refractivity contribution in [3.63, 3.8) is 0 Å². The SMILES string of the molecule is Cc1ccc2nc(N3CCS(=O)c4ccccc4C3)cc(NCC3(CO)COC3)c2c1. The van der Waals surface area contributed by atoms with E-state index in [1.54, 1.807) is 0 Å². The number of rotatable bonds is 5. The van der Waals surface area contributed by atoms with E-state index in [9.17, 15) is 9.32 Å². The van der Waals surface area contributed by atoms with Crippen LogP contribution in [0.3, 0.4) is 0 Å². The average molecular weight is 438 g/mol. The molecule has 2 aromatic carbocycles. The number of fused-ring (bicyclic) bond motifs is 2. The van der Waals surface area contributed by atoms with Gasteiger partial charge < -0.3 is 20.1 Å². The molecule has 1 saturated heterocycles. The first kappa shape index (κ1) is 20.4. The van der Waals surface area contributed by atoms with Gasteiger partial charge in [0.15, 0.2) is 0 Å². The van der Waals surface area contributed by atoms with Crippen LogP contribution in [0.2, 0.25) is 0 Å². The van der Waals surface area contributed by atoms with Gasteiger partial charge in [0, 0.05) is 47.4 Å². The minimum atomic E-state index is -0.999. The Kier molecular flexibility index (Phi) is 5.42. The van der Waals surface area contributed by atoms with Crippen LogP contribution >= 0.6 is 0 Å². The monoisotopic (exact) mass is 437 g/mol. The summed E-state index contributed by atoms with van der Waals surface area (Å²) in [6.07, 6.45) is 0. The van der Waals surface area contributed by atoms with E-state index in [0.717, 1.165) is 32.9 Å². The highest BCUT2D eigenvalue weighted by Crippen LogP contribution is 2.33. The van der Waals surface area contributed by atoms with Gasteiger partial charge >= 0.3 is 0 Å². The number of pyridine rings is 1. The van der Waals surface area contributed by atoms with Gasteiger partial charge in [-0.05, 0) is 30.7 Å². The van der Waals surface area contributed by atoms with Crippen LogP contribution in [0, 0.1) is 12.3 Å². The minimum absolute atomic E-state index is 0.101. The maximum absolute atomic E-state index is 12.7. The zero-order valence-electron chi connectivity index (χ0n) is 17.6. The number of nitrogens with one attached hydrogen (secondary N) is 1. The van der Waals surface area contributed by atoms with Crippen molar-refractivity contribution in [2.24, 2.45) is 5.41 Å². The third-order valence-electron chi connectivity index (χ3n) is 6.21. The van der Waals surface area contributed by atoms with Crippen LogP contribution in [-0.4, -0.2) is 53.0 Å². The molecule has 1 fully saturated rings. The van der Waals surface area contributed by atoms with Crippen LogP contribution in [0.4, 0.5) is 11.5 Å². The van der Waals surface area contributed by atoms with Crippen molar-refractivity contribution in [3.05, 3.63) is 59.7 Å². The van der Waals surface area contributed by atoms with Crippen molar-refractivity contribution in [3.8, 4) is 0 Å². The smallest absolute Gasteiger partial charge is 0.131 e. The molecule has 0 amide bonds. The highest BCUT2D eigenvalue weighted by molar-refractivity contribution is 7.85. The number of aromatic nitrogens is 1. The molecule has 0 radical (unpaired) electrons. The van der Waals surface area contributed by atoms with Crippen molar-refractivity contribution in [1.82, 2.24) is 4.98 Å². The Morgan fingerprint density at radius 2 is 2.06 bits per heavy atom. The van der Waals surface area contributed by atoms with Crippen LogP contribution in [0.15, 0.2) is 53.4 Å². The van der Waals surface area contributed by atoms with Crippen LogP contribution in [0.5, 0.6) is 0 Å². The predicted octanol–water partition coefficient (Wildman–Crippen LogP) is 3.09. The molecule has 0 bridgehead atoms. The largest absolute Gasteiger partial charge is 0.396 e. The number of nitrogens with zero attached hydrogens (tertiary/aromatic N) is 2. The van der Waals surface area contributed by atoms with E-state index in [-0.39, 0.29) is 12.0 Å². The lowest BCUT2D eigenvalue weighted by Gasteiger charge is -2.40. The zero-order chi connectivity index (χ0) is 21.4. The van der Waals surface area contributed by atoms with Gasteiger partial charge in [-0.2, -0.15) is 0 Å². The number of aryl methyl sites for hydroxylation is 1. The summed E-state index contributed by atoms with van der Waals surface area (Å²) in [5.41, 5.74) is 3.96. The van der Waals surface area contributed by atoms with Gasteiger partial charge in [0.05, 0.1) is 41.6 Å². The molecule has 1 unspecified atom stereocenters. The highest BCUT2D eigenvalue weighted by Gasteiger charge is 2.38. The van der Waals surface area contributed by atoms with E-state index in [1.165, 1.54) is 5.56 Å². The molecule has 31 heavy (non-hydrogen) atoms. The second-order valence-corrected chi connectivity index (χ2v) is 10.2. The van der Waals surface area contributed by atoms with Gasteiger partial charge in [-0.15, -0.1) is 0 Å². The summed E-state index contributed by atoms with van der Waals surface area (Å²) < 4.78 is 18.1. The number of aliphatic hydroxyl groups excluding tert-OH is 1. The predicted molar refractivity (Wildman–Crippen MR) is 124 cm³/mol. The van der Waals surface area contributed by atoms with Gasteiger partial charge in [0.25, 0.3) is 0 Å². The van der Waals surface area contributed by atoms with Gasteiger partial charge in [0.1, 0.15) is 5.82 Å². The molecule has 7 heteroatoms. The molecular weight excluding hydrogens is 410 g/mol. The quantitative estimate of drug-likeness (QED) is 0.639. The summed E-state index contributed by atoms with van der Waals surface area (Å²) in [5.74, 6) is 1.45. The van der Waals surface area contributed by atoms with E-state index < -0.39 is 10.8 Å². The minimum Gasteiger partial charge on any atom is -0.396 e. The molecule has 1 aromatic heterocycles. The number of hydrogen-bond donors (Lipinski definition) is 2. The molecule has 2 aliphatic rings. The Hall–Kier alpha value is -2.48. The molecule has 2 aliphatic heterocycles. The molecule has 3 heterocycles. The van der Waals surface area contributed by atoms with E-state index in [0.29, 0.717) is 38.6 Å². The first-order valence-corrected chi connectivity index (χ1v) is 11.9. The molecule has 1 atom stereocenters. The second-order valence-electron chi connectivity index (χ2n) is 8.63. The molecule has 162 valence electrons.